The number of furan rings is 1. The second-order valence-corrected chi connectivity index (χ2v) is 18.8. The lowest BCUT2D eigenvalue weighted by Gasteiger charge is -2.26. The Balaban J connectivity index is 0.858. The number of hydrogen-bond acceptors (Lipinski definition) is 2. The molecule has 3 heteroatoms. The summed E-state index contributed by atoms with van der Waals surface area (Å²) >= 11 is 0. The molecule has 2 aromatic heterocycles. The van der Waals surface area contributed by atoms with Gasteiger partial charge in [0.05, 0.1) is 11.0 Å². The Labute approximate surface area is 423 Å². The van der Waals surface area contributed by atoms with Gasteiger partial charge in [-0.05, 0) is 134 Å². The van der Waals surface area contributed by atoms with Crippen molar-refractivity contribution in [2.75, 3.05) is 4.90 Å². The molecule has 0 aliphatic carbocycles. The van der Waals surface area contributed by atoms with Crippen LogP contribution in [0.2, 0.25) is 0 Å². The van der Waals surface area contributed by atoms with Crippen molar-refractivity contribution in [3.63, 3.8) is 0 Å². The first-order valence-corrected chi connectivity index (χ1v) is 25.0. The number of para-hydroxylation sites is 2. The molecule has 0 saturated heterocycles. The molecule has 0 aliphatic heterocycles. The van der Waals surface area contributed by atoms with Crippen LogP contribution in [0.15, 0.2) is 283 Å². The lowest BCUT2D eigenvalue weighted by molar-refractivity contribution is 0.669. The number of rotatable bonds is 9. The van der Waals surface area contributed by atoms with E-state index in [9.17, 15) is 0 Å². The third kappa shape index (κ3) is 7.37. The fourth-order valence-electron chi connectivity index (χ4n) is 11.1. The van der Waals surface area contributed by atoms with Crippen LogP contribution < -0.4 is 4.90 Å². The molecular formula is C70H46N2O. The van der Waals surface area contributed by atoms with Crippen LogP contribution in [0.3, 0.4) is 0 Å². The number of benzene rings is 12. The van der Waals surface area contributed by atoms with E-state index in [4.69, 9.17) is 4.42 Å². The Morgan fingerprint density at radius 2 is 0.726 bits per heavy atom. The average Bonchev–Trinajstić information content (AvgIpc) is 4.02. The second kappa shape index (κ2) is 17.6. The van der Waals surface area contributed by atoms with Gasteiger partial charge in [0.15, 0.2) is 0 Å². The topological polar surface area (TPSA) is 21.3 Å². The Morgan fingerprint density at radius 1 is 0.274 bits per heavy atom. The van der Waals surface area contributed by atoms with Gasteiger partial charge >= 0.3 is 0 Å². The summed E-state index contributed by atoms with van der Waals surface area (Å²) in [5.41, 5.74) is 20.3. The second-order valence-electron chi connectivity index (χ2n) is 18.8. The van der Waals surface area contributed by atoms with Crippen molar-refractivity contribution in [1.82, 2.24) is 4.57 Å². The SMILES string of the molecule is c1ccc(-c2ccccc2-c2ccccc2-c2ccc(N(c3ccc(-c4ccc5c(c4)oc4ccccc45)cc3)c3ccc(-c4ccc5c6ccc7ccccc7c6n(-c6ccccc6)c5c4)cc3)cc2)cc1. The van der Waals surface area contributed by atoms with Crippen LogP contribution in [0.5, 0.6) is 0 Å². The van der Waals surface area contributed by atoms with Crippen LogP contribution >= 0.6 is 0 Å². The predicted molar refractivity (Wildman–Crippen MR) is 307 cm³/mol. The van der Waals surface area contributed by atoms with Crippen molar-refractivity contribution in [3.8, 4) is 61.3 Å². The average molecular weight is 931 g/mol. The van der Waals surface area contributed by atoms with Crippen LogP contribution in [0, 0.1) is 0 Å². The fourth-order valence-corrected chi connectivity index (χ4v) is 11.1. The molecule has 12 aromatic carbocycles. The minimum Gasteiger partial charge on any atom is -0.456 e. The predicted octanol–water partition coefficient (Wildman–Crippen LogP) is 19.6. The Bertz CT molecular complexity index is 4340. The van der Waals surface area contributed by atoms with Crippen molar-refractivity contribution >= 4 is 71.6 Å². The molecule has 0 aliphatic rings. The molecule has 0 unspecified atom stereocenters. The highest BCUT2D eigenvalue weighted by Crippen LogP contribution is 2.43. The smallest absolute Gasteiger partial charge is 0.136 e. The van der Waals surface area contributed by atoms with Gasteiger partial charge in [-0.1, -0.05) is 206 Å². The van der Waals surface area contributed by atoms with Crippen LogP contribution in [-0.4, -0.2) is 4.57 Å². The summed E-state index contributed by atoms with van der Waals surface area (Å²) in [6.45, 7) is 0. The van der Waals surface area contributed by atoms with Crippen LogP contribution in [0.25, 0.3) is 116 Å². The third-order valence-electron chi connectivity index (χ3n) is 14.6. The van der Waals surface area contributed by atoms with Crippen molar-refractivity contribution in [2.45, 2.75) is 0 Å². The summed E-state index contributed by atoms with van der Waals surface area (Å²) in [5, 5.41) is 7.24. The third-order valence-corrected chi connectivity index (χ3v) is 14.6. The molecule has 14 rings (SSSR count). The van der Waals surface area contributed by atoms with E-state index >= 15 is 0 Å². The largest absolute Gasteiger partial charge is 0.456 e. The van der Waals surface area contributed by atoms with Gasteiger partial charge in [0.1, 0.15) is 11.2 Å². The molecule has 0 atom stereocenters. The van der Waals surface area contributed by atoms with E-state index in [1.165, 1.54) is 60.4 Å². The van der Waals surface area contributed by atoms with Crippen LogP contribution in [0.4, 0.5) is 17.1 Å². The monoisotopic (exact) mass is 930 g/mol. The number of nitrogens with zero attached hydrogens (tertiary/aromatic N) is 2. The minimum absolute atomic E-state index is 0.892. The molecule has 342 valence electrons. The van der Waals surface area contributed by atoms with E-state index in [0.717, 1.165) is 72.5 Å². The summed E-state index contributed by atoms with van der Waals surface area (Å²) in [7, 11) is 0. The first-order chi connectivity index (χ1) is 36.2. The summed E-state index contributed by atoms with van der Waals surface area (Å²) in [4.78, 5) is 2.36. The van der Waals surface area contributed by atoms with Crippen molar-refractivity contribution < 1.29 is 4.42 Å². The highest BCUT2D eigenvalue weighted by Gasteiger charge is 2.19. The van der Waals surface area contributed by atoms with E-state index in [-0.39, 0.29) is 0 Å². The van der Waals surface area contributed by atoms with E-state index in [0.29, 0.717) is 0 Å². The quantitative estimate of drug-likeness (QED) is 0.144. The molecule has 0 saturated carbocycles. The Hall–Kier alpha value is -9.70. The van der Waals surface area contributed by atoms with Crippen LogP contribution in [-0.2, 0) is 0 Å². The molecule has 0 radical (unpaired) electrons. The van der Waals surface area contributed by atoms with Gasteiger partial charge in [-0.25, -0.2) is 0 Å². The molecule has 14 aromatic rings. The van der Waals surface area contributed by atoms with Gasteiger partial charge in [-0.3, -0.25) is 0 Å². The standard InChI is InChI=1S/C70H46N2O/c1-3-15-49(16-4-1)58-20-9-11-23-61(58)62-24-12-10-21-59(62)51-31-40-57(41-32-51)71(56-38-29-48(30-39-56)53-35-43-65-64-25-13-14-26-68(64)73-69(65)46-53)55-36-27-47(28-37-55)52-34-42-63-66-44-33-50-17-7-8-22-60(50)70(66)72(67(63)45-52)54-18-5-2-6-19-54/h1-46H. The molecular weight excluding hydrogens is 885 g/mol. The summed E-state index contributed by atoms with van der Waals surface area (Å²) in [6, 6.07) is 101. The normalized spacial score (nSPS) is 11.6. The zero-order chi connectivity index (χ0) is 48.2. The van der Waals surface area contributed by atoms with Crippen molar-refractivity contribution in [3.05, 3.63) is 279 Å². The molecule has 0 fully saturated rings. The van der Waals surface area contributed by atoms with E-state index < -0.39 is 0 Å². The maximum atomic E-state index is 6.30. The number of hydrogen-bond donors (Lipinski definition) is 0. The Kier molecular flexibility index (Phi) is 10.2. The molecule has 73 heavy (non-hydrogen) atoms. The van der Waals surface area contributed by atoms with Gasteiger partial charge in [-0.2, -0.15) is 0 Å². The zero-order valence-corrected chi connectivity index (χ0v) is 39.9. The first-order valence-electron chi connectivity index (χ1n) is 25.0. The molecule has 0 amide bonds. The number of aromatic nitrogens is 1. The Morgan fingerprint density at radius 3 is 1.37 bits per heavy atom. The highest BCUT2D eigenvalue weighted by atomic mass is 16.3. The van der Waals surface area contributed by atoms with E-state index in [1.54, 1.807) is 0 Å². The maximum absolute atomic E-state index is 6.30. The zero-order valence-electron chi connectivity index (χ0n) is 39.9. The van der Waals surface area contributed by atoms with Gasteiger partial charge in [-0.15, -0.1) is 0 Å². The summed E-state index contributed by atoms with van der Waals surface area (Å²) in [5.74, 6) is 0. The lowest BCUT2D eigenvalue weighted by Crippen LogP contribution is -2.09. The molecule has 0 spiro atoms. The highest BCUT2D eigenvalue weighted by molar-refractivity contribution is 6.19. The summed E-state index contributed by atoms with van der Waals surface area (Å²) in [6.07, 6.45) is 0. The first kappa shape index (κ1) is 42.2. The van der Waals surface area contributed by atoms with Gasteiger partial charge in [0, 0.05) is 49.7 Å². The summed E-state index contributed by atoms with van der Waals surface area (Å²) < 4.78 is 8.74. The van der Waals surface area contributed by atoms with Crippen molar-refractivity contribution in [1.29, 1.82) is 0 Å². The van der Waals surface area contributed by atoms with E-state index in [1.807, 2.05) is 12.1 Å². The van der Waals surface area contributed by atoms with Gasteiger partial charge in [0.25, 0.3) is 0 Å². The molecule has 3 nitrogen and oxygen atoms in total. The molecule has 0 N–H and O–H groups in total. The van der Waals surface area contributed by atoms with E-state index in [2.05, 4.69) is 276 Å². The van der Waals surface area contributed by atoms with Gasteiger partial charge in [0.2, 0.25) is 0 Å². The minimum atomic E-state index is 0.892. The maximum Gasteiger partial charge on any atom is 0.136 e. The lowest BCUT2D eigenvalue weighted by atomic mass is 9.89. The number of fused-ring (bicyclic) bond motifs is 8. The number of anilines is 3. The molecule has 2 heterocycles. The van der Waals surface area contributed by atoms with Gasteiger partial charge < -0.3 is 13.9 Å². The molecule has 0 bridgehead atoms. The van der Waals surface area contributed by atoms with Crippen molar-refractivity contribution in [2.24, 2.45) is 0 Å². The fraction of sp³-hybridized carbons (Fsp3) is 0. The van der Waals surface area contributed by atoms with Crippen LogP contribution in [0.1, 0.15) is 0 Å².